The van der Waals surface area contributed by atoms with Crippen LogP contribution in [0.2, 0.25) is 0 Å². The summed E-state index contributed by atoms with van der Waals surface area (Å²) in [5.74, 6) is 0. The molecule has 0 aromatic carbocycles. The molecule has 2 aromatic heterocycles. The van der Waals surface area contributed by atoms with Crippen LogP contribution in [0, 0.1) is 0 Å². The second-order valence-corrected chi connectivity index (χ2v) is 8.02. The molecule has 0 radical (unpaired) electrons. The van der Waals surface area contributed by atoms with Gasteiger partial charge in [0.05, 0.1) is 12.6 Å². The molecule has 0 bridgehead atoms. The number of aliphatic hydroxyl groups is 1. The van der Waals surface area contributed by atoms with Gasteiger partial charge in [-0.2, -0.15) is 0 Å². The van der Waals surface area contributed by atoms with E-state index in [9.17, 15) is 13.5 Å². The molecule has 1 saturated carbocycles. The van der Waals surface area contributed by atoms with Crippen LogP contribution in [-0.4, -0.2) is 18.1 Å². The fourth-order valence-electron chi connectivity index (χ4n) is 2.36. The topological polar surface area (TPSA) is 71.3 Å². The predicted molar refractivity (Wildman–Crippen MR) is 81.7 cm³/mol. The molecule has 21 heavy (non-hydrogen) atoms. The van der Waals surface area contributed by atoms with Crippen LogP contribution in [0.5, 0.6) is 0 Å². The molecule has 1 unspecified atom stereocenters. The first-order chi connectivity index (χ1) is 10.0. The van der Waals surface area contributed by atoms with Gasteiger partial charge in [-0.15, -0.1) is 11.3 Å². The Morgan fingerprint density at radius 2 is 2.29 bits per heavy atom. The van der Waals surface area contributed by atoms with Crippen LogP contribution in [0.1, 0.15) is 42.4 Å². The van der Waals surface area contributed by atoms with E-state index >= 15 is 0 Å². The Kier molecular flexibility index (Phi) is 3.92. The molecule has 0 amide bonds. The van der Waals surface area contributed by atoms with E-state index < -0.39 is 10.0 Å². The summed E-state index contributed by atoms with van der Waals surface area (Å²) in [5, 5.41) is 11.3. The number of hydrogen-bond donors (Lipinski definition) is 2. The Morgan fingerprint density at radius 3 is 2.86 bits per heavy atom. The highest BCUT2D eigenvalue weighted by molar-refractivity contribution is 7.89. The fourth-order valence-corrected chi connectivity index (χ4v) is 4.44. The van der Waals surface area contributed by atoms with Crippen LogP contribution >= 0.6 is 11.3 Å². The second kappa shape index (κ2) is 5.57. The smallest absolute Gasteiger partial charge is 0.242 e. The third kappa shape index (κ3) is 3.06. The first-order valence-electron chi connectivity index (χ1n) is 6.88. The third-order valence-corrected chi connectivity index (χ3v) is 6.18. The summed E-state index contributed by atoms with van der Waals surface area (Å²) in [5.41, 5.74) is 0.654. The van der Waals surface area contributed by atoms with E-state index in [4.69, 9.17) is 0 Å². The zero-order valence-corrected chi connectivity index (χ0v) is 13.3. The molecule has 1 fully saturated rings. The zero-order valence-electron chi connectivity index (χ0n) is 11.7. The quantitative estimate of drug-likeness (QED) is 0.856. The summed E-state index contributed by atoms with van der Waals surface area (Å²) < 4.78 is 29.5. The van der Waals surface area contributed by atoms with Crippen molar-refractivity contribution < 1.29 is 13.5 Å². The van der Waals surface area contributed by atoms with E-state index in [1.54, 1.807) is 12.3 Å². The van der Waals surface area contributed by atoms with E-state index in [1.165, 1.54) is 11.3 Å². The molecule has 114 valence electrons. The minimum Gasteiger partial charge on any atom is -0.390 e. The first kappa shape index (κ1) is 14.8. The van der Waals surface area contributed by atoms with E-state index in [0.717, 1.165) is 17.7 Å². The molecule has 2 N–H and O–H groups in total. The minimum absolute atomic E-state index is 0.146. The lowest BCUT2D eigenvalue weighted by molar-refractivity contribution is 0.270. The molecule has 0 aliphatic heterocycles. The third-order valence-electron chi connectivity index (χ3n) is 3.62. The molecule has 7 heteroatoms. The van der Waals surface area contributed by atoms with Gasteiger partial charge in [0.1, 0.15) is 4.90 Å². The van der Waals surface area contributed by atoms with Gasteiger partial charge in [0, 0.05) is 22.8 Å². The predicted octanol–water partition coefficient (Wildman–Crippen LogP) is 2.42. The zero-order chi connectivity index (χ0) is 15.0. The average molecular weight is 326 g/mol. The standard InChI is InChI=1S/C14H18N2O3S2/c1-10(14-3-2-6-20-14)15-21(18,19)13-7-12(9-17)16(8-13)11-4-5-11/h2-3,6-8,10-11,15,17H,4-5,9H2,1H3. The number of hydrogen-bond acceptors (Lipinski definition) is 4. The molecule has 1 aliphatic carbocycles. The van der Waals surface area contributed by atoms with Gasteiger partial charge in [-0.1, -0.05) is 6.07 Å². The van der Waals surface area contributed by atoms with Crippen molar-refractivity contribution in [2.24, 2.45) is 0 Å². The highest BCUT2D eigenvalue weighted by Crippen LogP contribution is 2.37. The van der Waals surface area contributed by atoms with Gasteiger partial charge in [0.2, 0.25) is 10.0 Å². The Bertz CT molecular complexity index is 715. The average Bonchev–Trinajstić information content (AvgIpc) is 2.98. The van der Waals surface area contributed by atoms with Gasteiger partial charge in [0.15, 0.2) is 0 Å². The van der Waals surface area contributed by atoms with Gasteiger partial charge in [-0.05, 0) is 37.3 Å². The van der Waals surface area contributed by atoms with Gasteiger partial charge >= 0.3 is 0 Å². The van der Waals surface area contributed by atoms with Gasteiger partial charge < -0.3 is 9.67 Å². The molecule has 5 nitrogen and oxygen atoms in total. The maximum atomic E-state index is 12.5. The summed E-state index contributed by atoms with van der Waals surface area (Å²) in [6.07, 6.45) is 3.72. The number of nitrogens with one attached hydrogen (secondary N) is 1. The Labute approximate surface area is 128 Å². The summed E-state index contributed by atoms with van der Waals surface area (Å²) >= 11 is 1.52. The molecule has 2 heterocycles. The fraction of sp³-hybridized carbons (Fsp3) is 0.429. The Morgan fingerprint density at radius 1 is 1.52 bits per heavy atom. The van der Waals surface area contributed by atoms with Crippen molar-refractivity contribution in [3.63, 3.8) is 0 Å². The van der Waals surface area contributed by atoms with Crippen LogP contribution in [0.3, 0.4) is 0 Å². The lowest BCUT2D eigenvalue weighted by Crippen LogP contribution is -2.26. The number of thiophene rings is 1. The first-order valence-corrected chi connectivity index (χ1v) is 9.25. The summed E-state index contributed by atoms with van der Waals surface area (Å²) in [6, 6.07) is 5.44. The summed E-state index contributed by atoms with van der Waals surface area (Å²) in [4.78, 5) is 1.20. The van der Waals surface area contributed by atoms with Crippen LogP contribution in [0.4, 0.5) is 0 Å². The van der Waals surface area contributed by atoms with Crippen LogP contribution in [0.25, 0.3) is 0 Å². The van der Waals surface area contributed by atoms with Gasteiger partial charge in [0.25, 0.3) is 0 Å². The minimum atomic E-state index is -3.58. The molecule has 1 aliphatic rings. The maximum absolute atomic E-state index is 12.5. The maximum Gasteiger partial charge on any atom is 0.242 e. The lowest BCUT2D eigenvalue weighted by Gasteiger charge is -2.11. The van der Waals surface area contributed by atoms with Gasteiger partial charge in [-0.3, -0.25) is 0 Å². The van der Waals surface area contributed by atoms with Crippen LogP contribution in [-0.2, 0) is 16.6 Å². The van der Waals surface area contributed by atoms with Crippen molar-refractivity contribution in [2.45, 2.75) is 43.4 Å². The summed E-state index contributed by atoms with van der Waals surface area (Å²) in [7, 11) is -3.58. The van der Waals surface area contributed by atoms with E-state index in [2.05, 4.69) is 4.72 Å². The van der Waals surface area contributed by atoms with Crippen molar-refractivity contribution in [1.29, 1.82) is 0 Å². The highest BCUT2D eigenvalue weighted by Gasteiger charge is 2.28. The largest absolute Gasteiger partial charge is 0.390 e. The monoisotopic (exact) mass is 326 g/mol. The molecule has 3 rings (SSSR count). The molecular formula is C14H18N2O3S2. The molecular weight excluding hydrogens is 308 g/mol. The molecule has 2 aromatic rings. The summed E-state index contributed by atoms with van der Waals surface area (Å²) in [6.45, 7) is 1.68. The van der Waals surface area contributed by atoms with E-state index in [0.29, 0.717) is 11.7 Å². The Balaban J connectivity index is 1.84. The lowest BCUT2D eigenvalue weighted by atomic mass is 10.3. The molecule has 0 saturated heterocycles. The van der Waals surface area contributed by atoms with Crippen molar-refractivity contribution in [2.75, 3.05) is 0 Å². The van der Waals surface area contributed by atoms with Crippen molar-refractivity contribution in [3.8, 4) is 0 Å². The number of aliphatic hydroxyl groups excluding tert-OH is 1. The molecule has 0 spiro atoms. The second-order valence-electron chi connectivity index (χ2n) is 5.32. The van der Waals surface area contributed by atoms with Crippen molar-refractivity contribution in [1.82, 2.24) is 9.29 Å². The van der Waals surface area contributed by atoms with Crippen molar-refractivity contribution >= 4 is 21.4 Å². The molecule has 1 atom stereocenters. The Hall–Kier alpha value is -1.15. The SMILES string of the molecule is CC(NS(=O)(=O)c1cc(CO)n(C2CC2)c1)c1cccs1. The normalized spacial score (nSPS) is 17.0. The van der Waals surface area contributed by atoms with Crippen molar-refractivity contribution in [3.05, 3.63) is 40.3 Å². The van der Waals surface area contributed by atoms with E-state index in [1.807, 2.05) is 29.0 Å². The number of sulfonamides is 1. The highest BCUT2D eigenvalue weighted by atomic mass is 32.2. The number of nitrogens with zero attached hydrogens (tertiary/aromatic N) is 1. The van der Waals surface area contributed by atoms with Crippen LogP contribution < -0.4 is 4.72 Å². The van der Waals surface area contributed by atoms with Crippen LogP contribution in [0.15, 0.2) is 34.7 Å². The number of rotatable bonds is 6. The van der Waals surface area contributed by atoms with Gasteiger partial charge in [-0.25, -0.2) is 13.1 Å². The van der Waals surface area contributed by atoms with E-state index in [-0.39, 0.29) is 17.5 Å². The number of aromatic nitrogens is 1.